The lowest BCUT2D eigenvalue weighted by Crippen LogP contribution is -2.24. The Kier molecular flexibility index (Phi) is 3.23. The van der Waals surface area contributed by atoms with E-state index in [1.165, 1.54) is 12.1 Å². The van der Waals surface area contributed by atoms with Crippen LogP contribution < -0.4 is 0 Å². The van der Waals surface area contributed by atoms with E-state index in [1.807, 2.05) is 0 Å². The molecule has 102 valence electrons. The van der Waals surface area contributed by atoms with Crippen LogP contribution in [0.15, 0.2) is 30.0 Å². The van der Waals surface area contributed by atoms with Gasteiger partial charge in [-0.1, -0.05) is 12.1 Å². The summed E-state index contributed by atoms with van der Waals surface area (Å²) >= 11 is 0. The number of rotatable bonds is 3. The third kappa shape index (κ3) is 2.10. The van der Waals surface area contributed by atoms with E-state index >= 15 is 0 Å². The van der Waals surface area contributed by atoms with Gasteiger partial charge in [0.1, 0.15) is 0 Å². The third-order valence-corrected chi connectivity index (χ3v) is 2.78. The molecule has 0 saturated carbocycles. The van der Waals surface area contributed by atoms with Gasteiger partial charge in [-0.3, -0.25) is 25.6 Å². The van der Waals surface area contributed by atoms with Gasteiger partial charge in [0.15, 0.2) is 0 Å². The summed E-state index contributed by atoms with van der Waals surface area (Å²) in [6.07, 6.45) is -1.69. The number of hydrogen-bond donors (Lipinski definition) is 1. The number of non-ortho nitro benzene ring substituents is 1. The third-order valence-electron chi connectivity index (χ3n) is 2.78. The molecule has 0 bridgehead atoms. The van der Waals surface area contributed by atoms with E-state index in [1.54, 1.807) is 5.87 Å². The van der Waals surface area contributed by atoms with E-state index in [-0.39, 0.29) is 21.9 Å². The molecule has 2 atom stereocenters. The maximum absolute atomic E-state index is 11.3. The van der Waals surface area contributed by atoms with Crippen LogP contribution in [0.3, 0.4) is 0 Å². The molecule has 0 aromatic heterocycles. The van der Waals surface area contributed by atoms with E-state index in [4.69, 9.17) is 5.41 Å². The molecule has 20 heavy (non-hydrogen) atoms. The molecule has 10 heteroatoms. The summed E-state index contributed by atoms with van der Waals surface area (Å²) in [6, 6.07) is 4.86. The first-order valence-electron chi connectivity index (χ1n) is 5.27. The normalized spacial score (nSPS) is 21.2. The van der Waals surface area contributed by atoms with Gasteiger partial charge < -0.3 is 0 Å². The molecule has 0 spiro atoms. The fourth-order valence-corrected chi connectivity index (χ4v) is 1.87. The Bertz CT molecular complexity index is 648. The Morgan fingerprint density at radius 1 is 1.25 bits per heavy atom. The first-order valence-corrected chi connectivity index (χ1v) is 5.27. The highest BCUT2D eigenvalue weighted by Crippen LogP contribution is 2.35. The van der Waals surface area contributed by atoms with Crippen LogP contribution in [0, 0.1) is 30.5 Å². The highest BCUT2D eigenvalue weighted by Gasteiger charge is 2.58. The molecule has 1 N–H and O–H groups in total. The molecule has 2 rings (SSSR count). The van der Waals surface area contributed by atoms with Gasteiger partial charge in [0.25, 0.3) is 10.6 Å². The fraction of sp³-hybridized carbons (Fsp3) is 0.200. The second-order valence-corrected chi connectivity index (χ2v) is 3.87. The van der Waals surface area contributed by atoms with Crippen molar-refractivity contribution in [3.05, 3.63) is 60.7 Å². The van der Waals surface area contributed by atoms with E-state index in [2.05, 4.69) is 4.84 Å². The highest BCUT2D eigenvalue weighted by atomic mass is 16.8. The average Bonchev–Trinajstić information content (AvgIpc) is 2.75. The van der Waals surface area contributed by atoms with Crippen LogP contribution in [0.1, 0.15) is 11.5 Å². The Labute approximate surface area is 110 Å². The van der Waals surface area contributed by atoms with Crippen LogP contribution in [0.4, 0.5) is 5.69 Å². The number of nitrogens with zero attached hydrogens (tertiary/aromatic N) is 3. The van der Waals surface area contributed by atoms with Crippen molar-refractivity contribution in [3.8, 4) is 0 Å². The van der Waals surface area contributed by atoms with Crippen LogP contribution in [0.2, 0.25) is 0 Å². The number of nitrogens with one attached hydrogen (secondary N) is 1. The van der Waals surface area contributed by atoms with Crippen LogP contribution in [-0.4, -0.2) is 26.9 Å². The molecular formula is C10H7N4O6+. The first-order chi connectivity index (χ1) is 9.45. The largest absolute Gasteiger partial charge is 0.434 e. The van der Waals surface area contributed by atoms with Gasteiger partial charge in [-0.2, -0.15) is 0 Å². The maximum Gasteiger partial charge on any atom is 0.434 e. The summed E-state index contributed by atoms with van der Waals surface area (Å²) in [5, 5.41) is 28.4. The minimum absolute atomic E-state index is 0.132. The van der Waals surface area contributed by atoms with Crippen molar-refractivity contribution in [3.63, 3.8) is 0 Å². The molecule has 0 aliphatic carbocycles. The number of benzene rings is 1. The van der Waals surface area contributed by atoms with Crippen molar-refractivity contribution in [1.82, 2.24) is 0 Å². The summed E-state index contributed by atoms with van der Waals surface area (Å²) in [7, 11) is 0. The number of hydrogen-bond acceptors (Lipinski definition) is 7. The standard InChI is InChI=1S/C10H7N4O6/c11-5-8-9(10(13(17)18)20-14(8)19)6-1-3-7(4-2-6)12(15)16/h1-4,9-11H/q+1. The monoisotopic (exact) mass is 279 g/mol. The van der Waals surface area contributed by atoms with E-state index in [9.17, 15) is 25.1 Å². The Balaban J connectivity index is 2.46. The van der Waals surface area contributed by atoms with E-state index < -0.39 is 22.0 Å². The molecule has 0 amide bonds. The van der Waals surface area contributed by atoms with Crippen LogP contribution in [0.5, 0.6) is 0 Å². The van der Waals surface area contributed by atoms with E-state index in [0.717, 1.165) is 12.1 Å². The Morgan fingerprint density at radius 3 is 2.30 bits per heavy atom. The van der Waals surface area contributed by atoms with Gasteiger partial charge in [0.2, 0.25) is 5.92 Å². The summed E-state index contributed by atoms with van der Waals surface area (Å²) in [4.78, 5) is 35.7. The molecule has 10 nitrogen and oxygen atoms in total. The minimum Gasteiger partial charge on any atom is -0.261 e. The van der Waals surface area contributed by atoms with Gasteiger partial charge >= 0.3 is 11.9 Å². The second kappa shape index (κ2) is 4.86. The topological polar surface area (TPSA) is 139 Å². The molecule has 1 aromatic carbocycles. The summed E-state index contributed by atoms with van der Waals surface area (Å²) < 4.78 is 0. The number of nitro benzene ring substituents is 1. The molecular weight excluding hydrogens is 272 g/mol. The van der Waals surface area contributed by atoms with Crippen molar-refractivity contribution < 1.29 is 19.6 Å². The van der Waals surface area contributed by atoms with Crippen LogP contribution in [-0.2, 0) is 4.84 Å². The predicted molar refractivity (Wildman–Crippen MR) is 62.6 cm³/mol. The zero-order valence-electron chi connectivity index (χ0n) is 9.76. The SMILES string of the molecule is N=C=C1C(c2ccc([N+](=O)[O-])cc2)C([N+](=O)[O-])O[N+]1=O. The average molecular weight is 279 g/mol. The fourth-order valence-electron chi connectivity index (χ4n) is 1.87. The quantitative estimate of drug-likeness (QED) is 0.499. The summed E-state index contributed by atoms with van der Waals surface area (Å²) in [6.45, 7) is 0. The zero-order chi connectivity index (χ0) is 14.9. The molecule has 1 saturated heterocycles. The van der Waals surface area contributed by atoms with Crippen molar-refractivity contribution in [2.45, 2.75) is 12.1 Å². The van der Waals surface area contributed by atoms with Crippen molar-refractivity contribution >= 4 is 11.6 Å². The molecule has 1 heterocycles. The second-order valence-electron chi connectivity index (χ2n) is 3.87. The summed E-state index contributed by atoms with van der Waals surface area (Å²) in [5.41, 5.74) is -0.296. The lowest BCUT2D eigenvalue weighted by molar-refractivity contribution is -0.804. The van der Waals surface area contributed by atoms with Gasteiger partial charge in [-0.05, 0) is 5.56 Å². The molecule has 0 radical (unpaired) electrons. The van der Waals surface area contributed by atoms with Crippen LogP contribution >= 0.6 is 0 Å². The van der Waals surface area contributed by atoms with Gasteiger partial charge in [0.05, 0.1) is 20.6 Å². The lowest BCUT2D eigenvalue weighted by atomic mass is 9.95. The molecule has 1 fully saturated rings. The molecule has 1 aromatic rings. The molecule has 2 unspecified atom stereocenters. The van der Waals surface area contributed by atoms with Crippen molar-refractivity contribution in [1.29, 1.82) is 5.41 Å². The van der Waals surface area contributed by atoms with Gasteiger partial charge in [-0.25, -0.2) is 0 Å². The molecule has 1 aliphatic heterocycles. The Morgan fingerprint density at radius 2 is 1.85 bits per heavy atom. The van der Waals surface area contributed by atoms with Crippen molar-refractivity contribution in [2.75, 3.05) is 0 Å². The van der Waals surface area contributed by atoms with Crippen LogP contribution in [0.25, 0.3) is 0 Å². The maximum atomic E-state index is 11.3. The predicted octanol–water partition coefficient (Wildman–Crippen LogP) is 1.14. The lowest BCUT2D eigenvalue weighted by Gasteiger charge is -2.04. The number of nitro groups is 2. The van der Waals surface area contributed by atoms with Gasteiger partial charge in [-0.15, -0.1) is 4.84 Å². The smallest absolute Gasteiger partial charge is 0.261 e. The molecule has 1 aliphatic rings. The van der Waals surface area contributed by atoms with Crippen molar-refractivity contribution in [2.24, 2.45) is 0 Å². The Hall–Kier alpha value is -3.13. The first kappa shape index (κ1) is 13.3. The van der Waals surface area contributed by atoms with E-state index in [0.29, 0.717) is 0 Å². The summed E-state index contributed by atoms with van der Waals surface area (Å²) in [5.74, 6) is 0.663. The zero-order valence-corrected chi connectivity index (χ0v) is 9.76. The highest BCUT2D eigenvalue weighted by molar-refractivity contribution is 5.55. The minimum atomic E-state index is -1.69. The van der Waals surface area contributed by atoms with Gasteiger partial charge in [0, 0.05) is 12.1 Å².